The number of amides is 2. The Kier molecular flexibility index (Phi) is 6.02. The Labute approximate surface area is 113 Å². The van der Waals surface area contributed by atoms with Gasteiger partial charge in [-0.05, 0) is 30.5 Å². The van der Waals surface area contributed by atoms with E-state index in [0.717, 1.165) is 12.0 Å². The SMILES string of the molecule is CC(=O)N(C)CC(=O)Nc1cccc(CCCO)c1. The van der Waals surface area contributed by atoms with E-state index in [9.17, 15) is 9.59 Å². The number of aliphatic hydroxyl groups excluding tert-OH is 1. The number of nitrogens with zero attached hydrogens (tertiary/aromatic N) is 1. The van der Waals surface area contributed by atoms with Gasteiger partial charge in [0.15, 0.2) is 0 Å². The summed E-state index contributed by atoms with van der Waals surface area (Å²) in [7, 11) is 1.58. The topological polar surface area (TPSA) is 69.6 Å². The molecule has 1 aromatic rings. The summed E-state index contributed by atoms with van der Waals surface area (Å²) < 4.78 is 0. The first-order valence-corrected chi connectivity index (χ1v) is 6.24. The summed E-state index contributed by atoms with van der Waals surface area (Å²) in [5, 5.41) is 11.5. The van der Waals surface area contributed by atoms with Crippen LogP contribution in [0.15, 0.2) is 24.3 Å². The quantitative estimate of drug-likeness (QED) is 0.806. The summed E-state index contributed by atoms with van der Waals surface area (Å²) in [6.07, 6.45) is 1.47. The van der Waals surface area contributed by atoms with Gasteiger partial charge in [-0.2, -0.15) is 0 Å². The van der Waals surface area contributed by atoms with E-state index in [0.29, 0.717) is 12.1 Å². The molecule has 0 saturated heterocycles. The van der Waals surface area contributed by atoms with Crippen LogP contribution in [0.2, 0.25) is 0 Å². The van der Waals surface area contributed by atoms with Crippen LogP contribution < -0.4 is 5.32 Å². The number of hydrogen-bond acceptors (Lipinski definition) is 3. The van der Waals surface area contributed by atoms with Crippen LogP contribution in [0.3, 0.4) is 0 Å². The molecule has 0 aliphatic rings. The minimum absolute atomic E-state index is 0.0379. The Bertz CT molecular complexity index is 446. The van der Waals surface area contributed by atoms with E-state index in [-0.39, 0.29) is 25.0 Å². The lowest BCUT2D eigenvalue weighted by atomic mass is 10.1. The fraction of sp³-hybridized carbons (Fsp3) is 0.429. The maximum atomic E-state index is 11.7. The highest BCUT2D eigenvalue weighted by atomic mass is 16.3. The number of aryl methyl sites for hydroxylation is 1. The highest BCUT2D eigenvalue weighted by Gasteiger charge is 2.09. The lowest BCUT2D eigenvalue weighted by molar-refractivity contribution is -0.131. The molecule has 5 heteroatoms. The second-order valence-corrected chi connectivity index (χ2v) is 4.45. The number of aliphatic hydroxyl groups is 1. The maximum Gasteiger partial charge on any atom is 0.243 e. The van der Waals surface area contributed by atoms with Gasteiger partial charge in [0.25, 0.3) is 0 Å². The summed E-state index contributed by atoms with van der Waals surface area (Å²) in [4.78, 5) is 24.1. The summed E-state index contributed by atoms with van der Waals surface area (Å²) in [6.45, 7) is 1.61. The number of rotatable bonds is 6. The molecule has 0 radical (unpaired) electrons. The highest BCUT2D eigenvalue weighted by molar-refractivity contribution is 5.94. The van der Waals surface area contributed by atoms with Crippen molar-refractivity contribution in [2.45, 2.75) is 19.8 Å². The molecule has 0 spiro atoms. The Balaban J connectivity index is 2.56. The van der Waals surface area contributed by atoms with Crippen molar-refractivity contribution < 1.29 is 14.7 Å². The second-order valence-electron chi connectivity index (χ2n) is 4.45. The molecule has 0 saturated carbocycles. The van der Waals surface area contributed by atoms with Crippen molar-refractivity contribution in [3.63, 3.8) is 0 Å². The van der Waals surface area contributed by atoms with E-state index in [4.69, 9.17) is 5.11 Å². The predicted molar refractivity (Wildman–Crippen MR) is 73.8 cm³/mol. The predicted octanol–water partition coefficient (Wildman–Crippen LogP) is 1.03. The average Bonchev–Trinajstić information content (AvgIpc) is 2.36. The Morgan fingerprint density at radius 2 is 2.11 bits per heavy atom. The van der Waals surface area contributed by atoms with E-state index < -0.39 is 0 Å². The van der Waals surface area contributed by atoms with E-state index in [1.165, 1.54) is 11.8 Å². The Morgan fingerprint density at radius 1 is 1.37 bits per heavy atom. The van der Waals surface area contributed by atoms with Gasteiger partial charge in [-0.25, -0.2) is 0 Å². The van der Waals surface area contributed by atoms with Gasteiger partial charge >= 0.3 is 0 Å². The molecule has 0 heterocycles. The van der Waals surface area contributed by atoms with Gasteiger partial charge < -0.3 is 15.3 Å². The zero-order chi connectivity index (χ0) is 14.3. The van der Waals surface area contributed by atoms with Crippen LogP contribution in [0.5, 0.6) is 0 Å². The third-order valence-electron chi connectivity index (χ3n) is 2.75. The third kappa shape index (κ3) is 5.52. The van der Waals surface area contributed by atoms with Crippen molar-refractivity contribution >= 4 is 17.5 Å². The zero-order valence-corrected chi connectivity index (χ0v) is 11.3. The fourth-order valence-corrected chi connectivity index (χ4v) is 1.62. The molecular formula is C14H20N2O3. The van der Waals surface area contributed by atoms with Gasteiger partial charge in [0.1, 0.15) is 0 Å². The zero-order valence-electron chi connectivity index (χ0n) is 11.3. The maximum absolute atomic E-state index is 11.7. The van der Waals surface area contributed by atoms with Crippen LogP contribution in [-0.2, 0) is 16.0 Å². The molecule has 0 fully saturated rings. The van der Waals surface area contributed by atoms with Crippen LogP contribution in [0.1, 0.15) is 18.9 Å². The molecule has 2 N–H and O–H groups in total. The van der Waals surface area contributed by atoms with Gasteiger partial charge in [-0.15, -0.1) is 0 Å². The molecule has 0 aliphatic carbocycles. The van der Waals surface area contributed by atoms with E-state index >= 15 is 0 Å². The van der Waals surface area contributed by atoms with Gasteiger partial charge in [0.05, 0.1) is 6.54 Å². The number of benzene rings is 1. The second kappa shape index (κ2) is 7.53. The molecule has 0 unspecified atom stereocenters. The average molecular weight is 264 g/mol. The molecule has 0 aliphatic heterocycles. The number of nitrogens with one attached hydrogen (secondary N) is 1. The number of carbonyl (C=O) groups is 2. The van der Waals surface area contributed by atoms with Gasteiger partial charge in [0.2, 0.25) is 11.8 Å². The van der Waals surface area contributed by atoms with Gasteiger partial charge in [-0.1, -0.05) is 12.1 Å². The van der Waals surface area contributed by atoms with Crippen molar-refractivity contribution in [3.05, 3.63) is 29.8 Å². The van der Waals surface area contributed by atoms with Crippen molar-refractivity contribution in [1.82, 2.24) is 4.90 Å². The number of carbonyl (C=O) groups excluding carboxylic acids is 2. The highest BCUT2D eigenvalue weighted by Crippen LogP contribution is 2.12. The monoisotopic (exact) mass is 264 g/mol. The van der Waals surface area contributed by atoms with Crippen LogP contribution in [0.25, 0.3) is 0 Å². The van der Waals surface area contributed by atoms with Crippen LogP contribution in [0, 0.1) is 0 Å². The molecule has 2 amide bonds. The molecule has 0 atom stereocenters. The number of anilines is 1. The number of likely N-dealkylation sites (N-methyl/N-ethyl adjacent to an activating group) is 1. The third-order valence-corrected chi connectivity index (χ3v) is 2.75. The Hall–Kier alpha value is -1.88. The van der Waals surface area contributed by atoms with Crippen molar-refractivity contribution in [1.29, 1.82) is 0 Å². The molecule has 1 aromatic carbocycles. The summed E-state index contributed by atoms with van der Waals surface area (Å²) in [6, 6.07) is 7.49. The molecule has 0 aromatic heterocycles. The lowest BCUT2D eigenvalue weighted by Crippen LogP contribution is -2.33. The molecule has 19 heavy (non-hydrogen) atoms. The fourth-order valence-electron chi connectivity index (χ4n) is 1.62. The minimum Gasteiger partial charge on any atom is -0.396 e. The molecule has 104 valence electrons. The van der Waals surface area contributed by atoms with Gasteiger partial charge in [0, 0.05) is 26.3 Å². The summed E-state index contributed by atoms with van der Waals surface area (Å²) in [5.41, 5.74) is 1.77. The standard InChI is InChI=1S/C14H20N2O3/c1-11(18)16(2)10-14(19)15-13-7-3-5-12(9-13)6-4-8-17/h3,5,7,9,17H,4,6,8,10H2,1-2H3,(H,15,19). The van der Waals surface area contributed by atoms with Gasteiger partial charge in [-0.3, -0.25) is 9.59 Å². The van der Waals surface area contributed by atoms with E-state index in [2.05, 4.69) is 5.32 Å². The number of hydrogen-bond donors (Lipinski definition) is 2. The first-order valence-electron chi connectivity index (χ1n) is 6.24. The first-order chi connectivity index (χ1) is 9.02. The molecule has 1 rings (SSSR count). The molecule has 5 nitrogen and oxygen atoms in total. The molecule has 0 bridgehead atoms. The van der Waals surface area contributed by atoms with Crippen LogP contribution in [0.4, 0.5) is 5.69 Å². The van der Waals surface area contributed by atoms with Crippen molar-refractivity contribution in [3.8, 4) is 0 Å². The smallest absolute Gasteiger partial charge is 0.243 e. The van der Waals surface area contributed by atoms with Crippen LogP contribution >= 0.6 is 0 Å². The minimum atomic E-state index is -0.225. The van der Waals surface area contributed by atoms with Crippen molar-refractivity contribution in [2.75, 3.05) is 25.5 Å². The Morgan fingerprint density at radius 3 is 2.74 bits per heavy atom. The summed E-state index contributed by atoms with van der Waals surface area (Å²) in [5.74, 6) is -0.371. The normalized spacial score (nSPS) is 10.1. The molecular weight excluding hydrogens is 244 g/mol. The van der Waals surface area contributed by atoms with Crippen LogP contribution in [-0.4, -0.2) is 42.0 Å². The van der Waals surface area contributed by atoms with E-state index in [1.54, 1.807) is 13.1 Å². The first kappa shape index (κ1) is 15.2. The summed E-state index contributed by atoms with van der Waals surface area (Å²) >= 11 is 0. The van der Waals surface area contributed by atoms with Crippen molar-refractivity contribution in [2.24, 2.45) is 0 Å². The lowest BCUT2D eigenvalue weighted by Gasteiger charge is -2.14. The largest absolute Gasteiger partial charge is 0.396 e. The van der Waals surface area contributed by atoms with E-state index in [1.807, 2.05) is 18.2 Å².